The van der Waals surface area contributed by atoms with Crippen LogP contribution in [0.4, 0.5) is 4.79 Å². The molecule has 1 saturated heterocycles. The number of amides is 3. The van der Waals surface area contributed by atoms with Crippen molar-refractivity contribution in [1.29, 1.82) is 0 Å². The lowest BCUT2D eigenvalue weighted by Gasteiger charge is -2.15. The zero-order valence-electron chi connectivity index (χ0n) is 15.6. The number of aromatic nitrogens is 3. The number of hydrogen-bond acceptors (Lipinski definition) is 7. The average Bonchev–Trinajstić information content (AvgIpc) is 3.25. The van der Waals surface area contributed by atoms with Crippen LogP contribution in [-0.4, -0.2) is 60.8 Å². The predicted molar refractivity (Wildman–Crippen MR) is 109 cm³/mol. The van der Waals surface area contributed by atoms with Crippen molar-refractivity contribution in [3.05, 3.63) is 30.3 Å². The Balaban J connectivity index is 1.57. The molecule has 1 aromatic carbocycles. The van der Waals surface area contributed by atoms with Gasteiger partial charge in [0.25, 0.3) is 5.24 Å². The van der Waals surface area contributed by atoms with Gasteiger partial charge in [0, 0.05) is 25.2 Å². The summed E-state index contributed by atoms with van der Waals surface area (Å²) < 4.78 is 1.97. The van der Waals surface area contributed by atoms with Crippen LogP contribution in [0.5, 0.6) is 0 Å². The number of benzene rings is 1. The SMILES string of the molecule is CCn1c(S[C@H](C)C(=O)NCCN2C(=O)CSC2=O)nnc1-c1ccccc1. The maximum atomic E-state index is 12.4. The third-order valence-electron chi connectivity index (χ3n) is 4.19. The van der Waals surface area contributed by atoms with E-state index in [4.69, 9.17) is 0 Å². The number of nitrogens with one attached hydrogen (secondary N) is 1. The summed E-state index contributed by atoms with van der Waals surface area (Å²) in [4.78, 5) is 36.7. The van der Waals surface area contributed by atoms with Crippen LogP contribution in [0.15, 0.2) is 35.5 Å². The van der Waals surface area contributed by atoms with Gasteiger partial charge in [-0.05, 0) is 13.8 Å². The van der Waals surface area contributed by atoms with Crippen LogP contribution >= 0.6 is 23.5 Å². The maximum Gasteiger partial charge on any atom is 0.288 e. The smallest absolute Gasteiger partial charge is 0.288 e. The van der Waals surface area contributed by atoms with E-state index in [9.17, 15) is 14.4 Å². The number of thioether (sulfide) groups is 2. The summed E-state index contributed by atoms with van der Waals surface area (Å²) in [5, 5.41) is 11.3. The van der Waals surface area contributed by atoms with Crippen LogP contribution in [0.25, 0.3) is 11.4 Å². The van der Waals surface area contributed by atoms with Crippen molar-refractivity contribution >= 4 is 40.6 Å². The molecule has 1 aliphatic rings. The monoisotopic (exact) mass is 419 g/mol. The van der Waals surface area contributed by atoms with Crippen LogP contribution < -0.4 is 5.32 Å². The van der Waals surface area contributed by atoms with E-state index in [2.05, 4.69) is 15.5 Å². The molecule has 0 unspecified atom stereocenters. The lowest BCUT2D eigenvalue weighted by atomic mass is 10.2. The summed E-state index contributed by atoms with van der Waals surface area (Å²) in [6, 6.07) is 9.78. The fraction of sp³-hybridized carbons (Fsp3) is 0.389. The molecule has 1 fully saturated rings. The van der Waals surface area contributed by atoms with Crippen LogP contribution in [-0.2, 0) is 16.1 Å². The molecule has 3 amide bonds. The number of carbonyl (C=O) groups excluding carboxylic acids is 3. The molecule has 3 rings (SSSR count). The number of hydrogen-bond donors (Lipinski definition) is 1. The Kier molecular flexibility index (Phi) is 6.74. The number of imide groups is 1. The van der Waals surface area contributed by atoms with Gasteiger partial charge < -0.3 is 9.88 Å². The Morgan fingerprint density at radius 3 is 2.68 bits per heavy atom. The first kappa shape index (κ1) is 20.4. The van der Waals surface area contributed by atoms with Gasteiger partial charge in [-0.25, -0.2) is 0 Å². The van der Waals surface area contributed by atoms with Gasteiger partial charge in [0.15, 0.2) is 11.0 Å². The molecule has 1 aliphatic heterocycles. The summed E-state index contributed by atoms with van der Waals surface area (Å²) in [6.45, 7) is 4.91. The van der Waals surface area contributed by atoms with E-state index >= 15 is 0 Å². The number of nitrogens with zero attached hydrogens (tertiary/aromatic N) is 4. The van der Waals surface area contributed by atoms with Gasteiger partial charge in [-0.2, -0.15) is 0 Å². The fourth-order valence-corrected chi connectivity index (χ4v) is 4.39. The molecule has 0 spiro atoms. The Bertz CT molecular complexity index is 855. The Labute approximate surface area is 171 Å². The molecule has 28 heavy (non-hydrogen) atoms. The van der Waals surface area contributed by atoms with Gasteiger partial charge in [0.2, 0.25) is 11.8 Å². The summed E-state index contributed by atoms with van der Waals surface area (Å²) in [6.07, 6.45) is 0. The van der Waals surface area contributed by atoms with E-state index in [0.717, 1.165) is 23.1 Å². The first-order valence-electron chi connectivity index (χ1n) is 8.91. The molecule has 2 heterocycles. The quantitative estimate of drug-likeness (QED) is 0.656. The van der Waals surface area contributed by atoms with Crippen LogP contribution in [0.2, 0.25) is 0 Å². The van der Waals surface area contributed by atoms with Crippen LogP contribution in [0.1, 0.15) is 13.8 Å². The van der Waals surface area contributed by atoms with E-state index in [1.54, 1.807) is 6.92 Å². The van der Waals surface area contributed by atoms with E-state index in [0.29, 0.717) is 11.7 Å². The summed E-state index contributed by atoms with van der Waals surface area (Å²) in [7, 11) is 0. The zero-order chi connectivity index (χ0) is 20.1. The highest BCUT2D eigenvalue weighted by atomic mass is 32.2. The van der Waals surface area contributed by atoms with E-state index < -0.39 is 5.25 Å². The molecule has 148 valence electrons. The first-order chi connectivity index (χ1) is 13.5. The molecule has 8 nitrogen and oxygen atoms in total. The van der Waals surface area contributed by atoms with Gasteiger partial charge in [0.1, 0.15) is 0 Å². The van der Waals surface area contributed by atoms with Crippen molar-refractivity contribution in [2.75, 3.05) is 18.8 Å². The summed E-state index contributed by atoms with van der Waals surface area (Å²) in [5.41, 5.74) is 0.971. The second kappa shape index (κ2) is 9.24. The minimum Gasteiger partial charge on any atom is -0.353 e. The van der Waals surface area contributed by atoms with Gasteiger partial charge in [-0.3, -0.25) is 19.3 Å². The first-order valence-corrected chi connectivity index (χ1v) is 10.8. The standard InChI is InChI=1S/C18H21N5O3S2/c1-3-22-15(13-7-5-4-6-8-13)20-21-17(22)28-12(2)16(25)19-9-10-23-14(24)11-27-18(23)26/h4-8,12H,3,9-11H2,1-2H3,(H,19,25)/t12-/m1/s1. The number of carbonyl (C=O) groups is 3. The molecule has 2 aromatic rings. The highest BCUT2D eigenvalue weighted by molar-refractivity contribution is 8.14. The lowest BCUT2D eigenvalue weighted by molar-refractivity contribution is -0.125. The number of rotatable bonds is 8. The second-order valence-electron chi connectivity index (χ2n) is 6.07. The van der Waals surface area contributed by atoms with Crippen molar-refractivity contribution in [3.8, 4) is 11.4 Å². The molecule has 0 aliphatic carbocycles. The fourth-order valence-electron chi connectivity index (χ4n) is 2.71. The molecule has 10 heteroatoms. The van der Waals surface area contributed by atoms with Crippen molar-refractivity contribution in [2.24, 2.45) is 0 Å². The van der Waals surface area contributed by atoms with Crippen LogP contribution in [0.3, 0.4) is 0 Å². The van der Waals surface area contributed by atoms with Crippen molar-refractivity contribution in [2.45, 2.75) is 30.8 Å². The van der Waals surface area contributed by atoms with Gasteiger partial charge in [-0.1, -0.05) is 53.9 Å². The van der Waals surface area contributed by atoms with E-state index in [1.807, 2.05) is 41.8 Å². The molecule has 1 atom stereocenters. The highest BCUT2D eigenvalue weighted by Crippen LogP contribution is 2.26. The zero-order valence-corrected chi connectivity index (χ0v) is 17.3. The molecular weight excluding hydrogens is 398 g/mol. The van der Waals surface area contributed by atoms with Gasteiger partial charge in [0.05, 0.1) is 11.0 Å². The maximum absolute atomic E-state index is 12.4. The Morgan fingerprint density at radius 2 is 2.04 bits per heavy atom. The van der Waals surface area contributed by atoms with Crippen molar-refractivity contribution in [3.63, 3.8) is 0 Å². The van der Waals surface area contributed by atoms with Crippen molar-refractivity contribution < 1.29 is 14.4 Å². The van der Waals surface area contributed by atoms with E-state index in [-0.39, 0.29) is 35.9 Å². The Hall–Kier alpha value is -2.33. The second-order valence-corrected chi connectivity index (χ2v) is 8.30. The average molecular weight is 420 g/mol. The van der Waals surface area contributed by atoms with E-state index in [1.165, 1.54) is 16.7 Å². The topological polar surface area (TPSA) is 97.2 Å². The van der Waals surface area contributed by atoms with Crippen molar-refractivity contribution in [1.82, 2.24) is 25.0 Å². The van der Waals surface area contributed by atoms with Gasteiger partial charge in [-0.15, -0.1) is 10.2 Å². The molecule has 0 bridgehead atoms. The summed E-state index contributed by atoms with van der Waals surface area (Å²) >= 11 is 2.32. The minimum absolute atomic E-state index is 0.176. The molecule has 1 N–H and O–H groups in total. The highest BCUT2D eigenvalue weighted by Gasteiger charge is 2.29. The molecular formula is C18H21N5O3S2. The van der Waals surface area contributed by atoms with Gasteiger partial charge >= 0.3 is 0 Å². The third kappa shape index (κ3) is 4.56. The molecule has 1 aromatic heterocycles. The third-order valence-corrected chi connectivity index (χ3v) is 6.13. The molecule has 0 saturated carbocycles. The summed E-state index contributed by atoms with van der Waals surface area (Å²) in [5.74, 6) is 0.553. The Morgan fingerprint density at radius 1 is 1.29 bits per heavy atom. The van der Waals surface area contributed by atoms with Crippen LogP contribution in [0, 0.1) is 0 Å². The largest absolute Gasteiger partial charge is 0.353 e. The lowest BCUT2D eigenvalue weighted by Crippen LogP contribution is -2.39. The normalized spacial score (nSPS) is 15.1. The minimum atomic E-state index is -0.391. The molecule has 0 radical (unpaired) electrons. The predicted octanol–water partition coefficient (Wildman–Crippen LogP) is 2.26.